The highest BCUT2D eigenvalue weighted by atomic mass is 16.1. The lowest BCUT2D eigenvalue weighted by Crippen LogP contribution is -2.17. The highest BCUT2D eigenvalue weighted by Crippen LogP contribution is 2.16. The molecule has 4 nitrogen and oxygen atoms in total. The van der Waals surface area contributed by atoms with Gasteiger partial charge < -0.3 is 9.88 Å². The summed E-state index contributed by atoms with van der Waals surface area (Å²) in [6.45, 7) is 6.10. The van der Waals surface area contributed by atoms with Crippen molar-refractivity contribution in [1.82, 2.24) is 9.55 Å². The Bertz CT molecular complexity index is 561. The van der Waals surface area contributed by atoms with Gasteiger partial charge in [0.05, 0.1) is 6.33 Å². The summed E-state index contributed by atoms with van der Waals surface area (Å²) in [6, 6.07) is 6.05. The van der Waals surface area contributed by atoms with Crippen LogP contribution in [0.1, 0.15) is 30.5 Å². The number of aryl methyl sites for hydroxylation is 2. The highest BCUT2D eigenvalue weighted by Gasteiger charge is 2.10. The molecule has 0 aliphatic carbocycles. The summed E-state index contributed by atoms with van der Waals surface area (Å²) in [4.78, 5) is 16.0. The molecule has 0 saturated heterocycles. The van der Waals surface area contributed by atoms with E-state index in [0.717, 1.165) is 5.69 Å². The first-order valence-electron chi connectivity index (χ1n) is 6.41. The molecular formula is C15H19N3O. The molecule has 1 aromatic heterocycles. The zero-order valence-electron chi connectivity index (χ0n) is 11.6. The molecule has 4 heteroatoms. The van der Waals surface area contributed by atoms with E-state index in [2.05, 4.69) is 17.2 Å². The van der Waals surface area contributed by atoms with E-state index in [1.165, 1.54) is 11.1 Å². The van der Waals surface area contributed by atoms with Crippen molar-refractivity contribution < 1.29 is 4.79 Å². The minimum atomic E-state index is 0.0180. The van der Waals surface area contributed by atoms with Crippen LogP contribution >= 0.6 is 0 Å². The molecule has 0 radical (unpaired) electrons. The van der Waals surface area contributed by atoms with E-state index in [1.807, 2.05) is 42.8 Å². The van der Waals surface area contributed by atoms with Gasteiger partial charge in [0.2, 0.25) is 5.91 Å². The average Bonchev–Trinajstić information content (AvgIpc) is 2.87. The van der Waals surface area contributed by atoms with E-state index in [9.17, 15) is 4.79 Å². The first kappa shape index (κ1) is 13.3. The van der Waals surface area contributed by atoms with E-state index in [0.29, 0.717) is 6.42 Å². The molecule has 1 heterocycles. The summed E-state index contributed by atoms with van der Waals surface area (Å²) in [5, 5.41) is 2.93. The standard InChI is InChI=1S/C15H19N3O/c1-11-4-5-14(8-12(11)2)17-15(19)9-13(3)18-7-6-16-10-18/h4-8,10,13H,9H2,1-3H3,(H,17,19). The number of amides is 1. The van der Waals surface area contributed by atoms with E-state index in [1.54, 1.807) is 12.5 Å². The molecule has 0 saturated carbocycles. The van der Waals surface area contributed by atoms with Crippen LogP contribution in [0.15, 0.2) is 36.9 Å². The first-order chi connectivity index (χ1) is 9.06. The van der Waals surface area contributed by atoms with Crippen molar-refractivity contribution in [2.75, 3.05) is 5.32 Å². The lowest BCUT2D eigenvalue weighted by molar-refractivity contribution is -0.116. The number of hydrogen-bond acceptors (Lipinski definition) is 2. The Morgan fingerprint density at radius 2 is 2.16 bits per heavy atom. The van der Waals surface area contributed by atoms with Crippen LogP contribution in [0.2, 0.25) is 0 Å². The molecule has 2 rings (SSSR count). The van der Waals surface area contributed by atoms with Crippen LogP contribution in [0.5, 0.6) is 0 Å². The zero-order chi connectivity index (χ0) is 13.8. The maximum atomic E-state index is 12.0. The number of imidazole rings is 1. The third-order valence-electron chi connectivity index (χ3n) is 3.31. The van der Waals surface area contributed by atoms with Crippen molar-refractivity contribution >= 4 is 11.6 Å². The Morgan fingerprint density at radius 1 is 1.37 bits per heavy atom. The zero-order valence-corrected chi connectivity index (χ0v) is 11.6. The van der Waals surface area contributed by atoms with Crippen LogP contribution < -0.4 is 5.32 Å². The van der Waals surface area contributed by atoms with Gasteiger partial charge in [-0.05, 0) is 44.0 Å². The largest absolute Gasteiger partial charge is 0.334 e. The maximum Gasteiger partial charge on any atom is 0.226 e. The second-order valence-corrected chi connectivity index (χ2v) is 4.91. The molecule has 100 valence electrons. The molecule has 1 aromatic carbocycles. The monoisotopic (exact) mass is 257 g/mol. The number of anilines is 1. The number of aromatic nitrogens is 2. The van der Waals surface area contributed by atoms with Gasteiger partial charge >= 0.3 is 0 Å². The number of hydrogen-bond donors (Lipinski definition) is 1. The molecular weight excluding hydrogens is 238 g/mol. The topological polar surface area (TPSA) is 46.9 Å². The van der Waals surface area contributed by atoms with Crippen molar-refractivity contribution in [1.29, 1.82) is 0 Å². The Labute approximate surface area is 113 Å². The Morgan fingerprint density at radius 3 is 2.79 bits per heavy atom. The molecule has 1 amide bonds. The minimum absolute atomic E-state index is 0.0180. The van der Waals surface area contributed by atoms with E-state index in [-0.39, 0.29) is 11.9 Å². The molecule has 2 aromatic rings. The summed E-state index contributed by atoms with van der Waals surface area (Å²) < 4.78 is 1.93. The summed E-state index contributed by atoms with van der Waals surface area (Å²) >= 11 is 0. The molecule has 1 atom stereocenters. The Hall–Kier alpha value is -2.10. The lowest BCUT2D eigenvalue weighted by atomic mass is 10.1. The van der Waals surface area contributed by atoms with Gasteiger partial charge in [0.25, 0.3) is 0 Å². The Balaban J connectivity index is 1.95. The van der Waals surface area contributed by atoms with Crippen LogP contribution in [0.3, 0.4) is 0 Å². The molecule has 0 bridgehead atoms. The summed E-state index contributed by atoms with van der Waals surface area (Å²) in [5.41, 5.74) is 3.26. The van der Waals surface area contributed by atoms with Crippen LogP contribution in [-0.4, -0.2) is 15.5 Å². The maximum absolute atomic E-state index is 12.0. The van der Waals surface area contributed by atoms with Gasteiger partial charge in [0.1, 0.15) is 0 Å². The van der Waals surface area contributed by atoms with Crippen molar-refractivity contribution in [3.05, 3.63) is 48.0 Å². The van der Waals surface area contributed by atoms with Gasteiger partial charge in [-0.15, -0.1) is 0 Å². The first-order valence-corrected chi connectivity index (χ1v) is 6.41. The van der Waals surface area contributed by atoms with Crippen LogP contribution in [0.4, 0.5) is 5.69 Å². The number of benzene rings is 1. The van der Waals surface area contributed by atoms with E-state index >= 15 is 0 Å². The van der Waals surface area contributed by atoms with Gasteiger partial charge in [-0.25, -0.2) is 4.98 Å². The second kappa shape index (κ2) is 5.69. The van der Waals surface area contributed by atoms with Crippen molar-refractivity contribution in [3.63, 3.8) is 0 Å². The SMILES string of the molecule is Cc1ccc(NC(=O)CC(C)n2ccnc2)cc1C. The van der Waals surface area contributed by atoms with Crippen LogP contribution in [-0.2, 0) is 4.79 Å². The van der Waals surface area contributed by atoms with E-state index < -0.39 is 0 Å². The van der Waals surface area contributed by atoms with Crippen molar-refractivity contribution in [2.24, 2.45) is 0 Å². The quantitative estimate of drug-likeness (QED) is 0.915. The number of rotatable bonds is 4. The number of carbonyl (C=O) groups is 1. The molecule has 0 aliphatic heterocycles. The fourth-order valence-electron chi connectivity index (χ4n) is 1.94. The minimum Gasteiger partial charge on any atom is -0.334 e. The lowest BCUT2D eigenvalue weighted by Gasteiger charge is -2.13. The van der Waals surface area contributed by atoms with Gasteiger partial charge in [-0.3, -0.25) is 4.79 Å². The molecule has 0 aliphatic rings. The number of carbonyl (C=O) groups excluding carboxylic acids is 1. The van der Waals surface area contributed by atoms with E-state index in [4.69, 9.17) is 0 Å². The van der Waals surface area contributed by atoms with Gasteiger partial charge in [0.15, 0.2) is 0 Å². The molecule has 19 heavy (non-hydrogen) atoms. The Kier molecular flexibility index (Phi) is 4.00. The molecule has 1 N–H and O–H groups in total. The summed E-state index contributed by atoms with van der Waals surface area (Å²) in [5.74, 6) is 0.0180. The van der Waals surface area contributed by atoms with Gasteiger partial charge in [-0.1, -0.05) is 6.07 Å². The van der Waals surface area contributed by atoms with Gasteiger partial charge in [-0.2, -0.15) is 0 Å². The van der Waals surface area contributed by atoms with Crippen molar-refractivity contribution in [2.45, 2.75) is 33.2 Å². The average molecular weight is 257 g/mol. The predicted molar refractivity (Wildman–Crippen MR) is 76.1 cm³/mol. The normalized spacial score (nSPS) is 12.2. The highest BCUT2D eigenvalue weighted by molar-refractivity contribution is 5.91. The molecule has 0 spiro atoms. The number of nitrogens with one attached hydrogen (secondary N) is 1. The fraction of sp³-hybridized carbons (Fsp3) is 0.333. The summed E-state index contributed by atoms with van der Waals surface area (Å²) in [6.07, 6.45) is 5.75. The van der Waals surface area contributed by atoms with Gasteiger partial charge in [0, 0.05) is 30.5 Å². The third kappa shape index (κ3) is 3.44. The summed E-state index contributed by atoms with van der Waals surface area (Å²) in [7, 11) is 0. The smallest absolute Gasteiger partial charge is 0.226 e. The fourth-order valence-corrected chi connectivity index (χ4v) is 1.94. The third-order valence-corrected chi connectivity index (χ3v) is 3.31. The molecule has 1 unspecified atom stereocenters. The predicted octanol–water partition coefficient (Wildman–Crippen LogP) is 3.09. The second-order valence-electron chi connectivity index (χ2n) is 4.91. The number of nitrogens with zero attached hydrogens (tertiary/aromatic N) is 2. The molecule has 0 fully saturated rings. The van der Waals surface area contributed by atoms with Crippen molar-refractivity contribution in [3.8, 4) is 0 Å². The van der Waals surface area contributed by atoms with Crippen LogP contribution in [0, 0.1) is 13.8 Å². The van der Waals surface area contributed by atoms with Crippen LogP contribution in [0.25, 0.3) is 0 Å².